The van der Waals surface area contributed by atoms with Crippen LogP contribution in [0.2, 0.25) is 0 Å². The zero-order chi connectivity index (χ0) is 13.7. The summed E-state index contributed by atoms with van der Waals surface area (Å²) >= 11 is 0. The highest BCUT2D eigenvalue weighted by molar-refractivity contribution is 5.47. The number of nitro groups is 1. The minimum absolute atomic E-state index is 0.171. The molecular formula is C14H15N3O2. The van der Waals surface area contributed by atoms with Gasteiger partial charge in [-0.2, -0.15) is 0 Å². The van der Waals surface area contributed by atoms with Crippen molar-refractivity contribution in [2.75, 3.05) is 5.43 Å². The van der Waals surface area contributed by atoms with Crippen LogP contribution in [0.1, 0.15) is 11.1 Å². The Hall–Kier alpha value is -2.40. The van der Waals surface area contributed by atoms with Gasteiger partial charge in [0.15, 0.2) is 0 Å². The summed E-state index contributed by atoms with van der Waals surface area (Å²) in [5, 5.41) is 11.0. The van der Waals surface area contributed by atoms with Gasteiger partial charge < -0.3 is 5.43 Å². The number of rotatable bonds is 5. The molecule has 0 amide bonds. The van der Waals surface area contributed by atoms with E-state index < -0.39 is 0 Å². The summed E-state index contributed by atoms with van der Waals surface area (Å²) in [6.45, 7) is 2.12. The number of para-hydroxylation sites is 2. The summed E-state index contributed by atoms with van der Waals surface area (Å²) in [7, 11) is 0. The average molecular weight is 257 g/mol. The standard InChI is InChI=1S/C14H15N3O2/c1-11-6-5-7-12(14(11)17(18)19)10-15-16-13-8-3-2-4-9-13/h2-9,15-16H,10H2,1H3. The van der Waals surface area contributed by atoms with Crippen molar-refractivity contribution in [1.29, 1.82) is 0 Å². The van der Waals surface area contributed by atoms with Crippen LogP contribution < -0.4 is 10.9 Å². The van der Waals surface area contributed by atoms with E-state index in [2.05, 4.69) is 10.9 Å². The fourth-order valence-corrected chi connectivity index (χ4v) is 1.89. The first-order chi connectivity index (χ1) is 9.18. The normalized spacial score (nSPS) is 10.2. The molecule has 0 aliphatic rings. The van der Waals surface area contributed by atoms with E-state index in [0.29, 0.717) is 17.7 Å². The lowest BCUT2D eigenvalue weighted by molar-refractivity contribution is -0.386. The number of aryl methyl sites for hydroxylation is 1. The molecular weight excluding hydrogens is 242 g/mol. The van der Waals surface area contributed by atoms with Gasteiger partial charge in [-0.15, -0.1) is 0 Å². The largest absolute Gasteiger partial charge is 0.321 e. The lowest BCUT2D eigenvalue weighted by Gasteiger charge is -2.09. The summed E-state index contributed by atoms with van der Waals surface area (Å²) in [5.41, 5.74) is 8.41. The Morgan fingerprint density at radius 3 is 2.53 bits per heavy atom. The number of nitrogens with one attached hydrogen (secondary N) is 2. The van der Waals surface area contributed by atoms with E-state index in [1.165, 1.54) is 0 Å². The quantitative estimate of drug-likeness (QED) is 0.638. The molecule has 0 atom stereocenters. The second-order valence-electron chi connectivity index (χ2n) is 4.18. The monoisotopic (exact) mass is 257 g/mol. The molecule has 0 saturated carbocycles. The average Bonchev–Trinajstić information content (AvgIpc) is 2.39. The SMILES string of the molecule is Cc1cccc(CNNc2ccccc2)c1[N+](=O)[O-]. The Labute approximate surface area is 111 Å². The number of nitrogens with zero attached hydrogens (tertiary/aromatic N) is 1. The van der Waals surface area contributed by atoms with Crippen LogP contribution in [0, 0.1) is 17.0 Å². The number of anilines is 1. The van der Waals surface area contributed by atoms with Gasteiger partial charge in [0.1, 0.15) is 0 Å². The molecule has 0 spiro atoms. The van der Waals surface area contributed by atoms with Crippen LogP contribution in [-0.2, 0) is 6.54 Å². The maximum Gasteiger partial charge on any atom is 0.276 e. The molecule has 0 bridgehead atoms. The van der Waals surface area contributed by atoms with Gasteiger partial charge in [0.25, 0.3) is 5.69 Å². The molecule has 0 heterocycles. The Morgan fingerprint density at radius 1 is 1.11 bits per heavy atom. The molecule has 2 aromatic rings. The molecule has 0 saturated heterocycles. The summed E-state index contributed by atoms with van der Waals surface area (Å²) in [6.07, 6.45) is 0. The molecule has 2 rings (SSSR count). The van der Waals surface area contributed by atoms with Crippen molar-refractivity contribution in [1.82, 2.24) is 5.43 Å². The molecule has 98 valence electrons. The van der Waals surface area contributed by atoms with Crippen LogP contribution in [0.5, 0.6) is 0 Å². The van der Waals surface area contributed by atoms with Crippen molar-refractivity contribution in [2.24, 2.45) is 0 Å². The topological polar surface area (TPSA) is 67.2 Å². The van der Waals surface area contributed by atoms with Crippen LogP contribution in [0.15, 0.2) is 48.5 Å². The molecule has 2 N–H and O–H groups in total. The van der Waals surface area contributed by atoms with Gasteiger partial charge in [0.2, 0.25) is 0 Å². The van der Waals surface area contributed by atoms with Gasteiger partial charge in [-0.25, -0.2) is 5.43 Å². The highest BCUT2D eigenvalue weighted by Crippen LogP contribution is 2.22. The van der Waals surface area contributed by atoms with Gasteiger partial charge in [-0.3, -0.25) is 10.1 Å². The second kappa shape index (κ2) is 5.97. The molecule has 0 radical (unpaired) electrons. The number of benzene rings is 2. The number of nitro benzene ring substituents is 1. The third-order valence-electron chi connectivity index (χ3n) is 2.79. The fourth-order valence-electron chi connectivity index (χ4n) is 1.89. The van der Waals surface area contributed by atoms with Crippen molar-refractivity contribution in [3.63, 3.8) is 0 Å². The molecule has 0 fully saturated rings. The lowest BCUT2D eigenvalue weighted by Crippen LogP contribution is -2.21. The summed E-state index contributed by atoms with van der Waals surface area (Å²) in [5.74, 6) is 0. The van der Waals surface area contributed by atoms with Gasteiger partial charge in [0.05, 0.1) is 4.92 Å². The van der Waals surface area contributed by atoms with Crippen LogP contribution in [0.4, 0.5) is 11.4 Å². The highest BCUT2D eigenvalue weighted by atomic mass is 16.6. The maximum absolute atomic E-state index is 11.0. The first-order valence-corrected chi connectivity index (χ1v) is 5.95. The number of hydrogen-bond acceptors (Lipinski definition) is 4. The predicted octanol–water partition coefficient (Wildman–Crippen LogP) is 3.02. The van der Waals surface area contributed by atoms with E-state index in [1.54, 1.807) is 19.1 Å². The molecule has 0 aliphatic heterocycles. The smallest absolute Gasteiger partial charge is 0.276 e. The Bertz CT molecular complexity index is 570. The molecule has 0 aromatic heterocycles. The van der Waals surface area contributed by atoms with E-state index in [9.17, 15) is 10.1 Å². The van der Waals surface area contributed by atoms with Crippen LogP contribution >= 0.6 is 0 Å². The third-order valence-corrected chi connectivity index (χ3v) is 2.79. The fraction of sp³-hybridized carbons (Fsp3) is 0.143. The molecule has 19 heavy (non-hydrogen) atoms. The highest BCUT2D eigenvalue weighted by Gasteiger charge is 2.15. The number of hydrogen-bond donors (Lipinski definition) is 2. The zero-order valence-electron chi connectivity index (χ0n) is 10.6. The van der Waals surface area contributed by atoms with Gasteiger partial charge in [0, 0.05) is 23.4 Å². The third kappa shape index (κ3) is 3.29. The summed E-state index contributed by atoms with van der Waals surface area (Å²) in [6, 6.07) is 14.9. The van der Waals surface area contributed by atoms with Crippen molar-refractivity contribution in [2.45, 2.75) is 13.5 Å². The second-order valence-corrected chi connectivity index (χ2v) is 4.18. The van der Waals surface area contributed by atoms with Gasteiger partial charge >= 0.3 is 0 Å². The first-order valence-electron chi connectivity index (χ1n) is 5.95. The molecule has 0 aliphatic carbocycles. The molecule has 5 nitrogen and oxygen atoms in total. The molecule has 2 aromatic carbocycles. The minimum atomic E-state index is -0.338. The van der Waals surface area contributed by atoms with Crippen molar-refractivity contribution < 1.29 is 4.92 Å². The van der Waals surface area contributed by atoms with E-state index in [-0.39, 0.29) is 10.6 Å². The van der Waals surface area contributed by atoms with E-state index in [0.717, 1.165) is 5.69 Å². The van der Waals surface area contributed by atoms with E-state index >= 15 is 0 Å². The zero-order valence-corrected chi connectivity index (χ0v) is 10.6. The van der Waals surface area contributed by atoms with Crippen LogP contribution in [0.25, 0.3) is 0 Å². The van der Waals surface area contributed by atoms with E-state index in [1.807, 2.05) is 36.4 Å². The van der Waals surface area contributed by atoms with E-state index in [4.69, 9.17) is 0 Å². The molecule has 0 unspecified atom stereocenters. The Kier molecular flexibility index (Phi) is 4.10. The predicted molar refractivity (Wildman–Crippen MR) is 74.7 cm³/mol. The first kappa shape index (κ1) is 13.0. The van der Waals surface area contributed by atoms with Crippen molar-refractivity contribution >= 4 is 11.4 Å². The van der Waals surface area contributed by atoms with Crippen molar-refractivity contribution in [3.8, 4) is 0 Å². The van der Waals surface area contributed by atoms with Crippen molar-refractivity contribution in [3.05, 3.63) is 69.8 Å². The van der Waals surface area contributed by atoms with Crippen LogP contribution in [-0.4, -0.2) is 4.92 Å². The number of hydrazine groups is 1. The molecule has 5 heteroatoms. The Balaban J connectivity index is 2.04. The lowest BCUT2D eigenvalue weighted by atomic mass is 10.1. The summed E-state index contributed by atoms with van der Waals surface area (Å²) in [4.78, 5) is 10.7. The summed E-state index contributed by atoms with van der Waals surface area (Å²) < 4.78 is 0. The van der Waals surface area contributed by atoms with Crippen LogP contribution in [0.3, 0.4) is 0 Å². The Morgan fingerprint density at radius 2 is 1.84 bits per heavy atom. The van der Waals surface area contributed by atoms with Gasteiger partial charge in [-0.1, -0.05) is 36.4 Å². The maximum atomic E-state index is 11.0. The minimum Gasteiger partial charge on any atom is -0.321 e. The van der Waals surface area contributed by atoms with Gasteiger partial charge in [-0.05, 0) is 19.1 Å².